The van der Waals surface area contributed by atoms with Crippen molar-refractivity contribution >= 4 is 45.3 Å². The van der Waals surface area contributed by atoms with E-state index in [-0.39, 0.29) is 0 Å². The monoisotopic (exact) mass is 362 g/mol. The Morgan fingerprint density at radius 1 is 1.00 bits per heavy atom. The molecule has 0 saturated heterocycles. The topological polar surface area (TPSA) is 18.5 Å². The van der Waals surface area contributed by atoms with E-state index >= 15 is 0 Å². The first kappa shape index (κ1) is 12.6. The average Bonchev–Trinajstić information content (AvgIpc) is 2.15. The van der Waals surface area contributed by atoms with Gasteiger partial charge < -0.3 is 0 Å². The second-order valence-corrected chi connectivity index (χ2v) is 22.1. The van der Waals surface area contributed by atoms with Gasteiger partial charge in [-0.2, -0.15) is 0 Å². The summed E-state index contributed by atoms with van der Waals surface area (Å²) in [5, 5.41) is 0. The molecule has 0 unspecified atom stereocenters. The Bertz CT molecular complexity index is 303. The van der Waals surface area contributed by atoms with Crippen LogP contribution in [0.2, 0.25) is 0 Å². The van der Waals surface area contributed by atoms with Crippen molar-refractivity contribution in [1.29, 1.82) is 0 Å². The first-order valence-corrected chi connectivity index (χ1v) is 16.1. The summed E-state index contributed by atoms with van der Waals surface area (Å²) in [7, 11) is 21.1. The summed E-state index contributed by atoms with van der Waals surface area (Å²) in [6.07, 6.45) is 0. The van der Waals surface area contributed by atoms with Crippen LogP contribution in [0.4, 0.5) is 0 Å². The quantitative estimate of drug-likeness (QED) is 0.770. The molecule has 0 aliphatic carbocycles. The molecule has 0 N–H and O–H groups in total. The van der Waals surface area contributed by atoms with E-state index in [0.717, 1.165) is 0 Å². The summed E-state index contributed by atoms with van der Waals surface area (Å²) >= 11 is -3.74. The van der Waals surface area contributed by atoms with E-state index in [9.17, 15) is 0 Å². The maximum absolute atomic E-state index is 6.01. The van der Waals surface area contributed by atoms with E-state index in [1.807, 2.05) is 0 Å². The number of methoxy groups -OCH3 is 2. The van der Waals surface area contributed by atoms with E-state index in [4.69, 9.17) is 36.2 Å². The standard InChI is InChI=1S/C8H9O2.3ClH.Sn/c1-9-7-4-3-5-8(6-7)10-2;;;;/h3-5H,1-2H3;3*1H;/q;;;;+3/p-3. The number of rotatable bonds is 3. The van der Waals surface area contributed by atoms with Gasteiger partial charge in [0.2, 0.25) is 0 Å². The van der Waals surface area contributed by atoms with Gasteiger partial charge in [0, 0.05) is 0 Å². The Morgan fingerprint density at radius 2 is 1.43 bits per heavy atom. The molecule has 0 heterocycles. The predicted molar refractivity (Wildman–Crippen MR) is 62.5 cm³/mol. The third-order valence-electron chi connectivity index (χ3n) is 1.71. The molecule has 0 radical (unpaired) electrons. The van der Waals surface area contributed by atoms with Crippen LogP contribution < -0.4 is 13.1 Å². The van der Waals surface area contributed by atoms with Gasteiger partial charge in [-0.1, -0.05) is 0 Å². The SMILES string of the molecule is COc1cccc(OC)[c]1[Sn]([Cl])([Cl])[Cl]. The molecule has 0 aliphatic rings. The van der Waals surface area contributed by atoms with E-state index in [2.05, 4.69) is 0 Å². The van der Waals surface area contributed by atoms with Crippen molar-refractivity contribution in [3.05, 3.63) is 18.2 Å². The summed E-state index contributed by atoms with van der Waals surface area (Å²) in [6.45, 7) is 0. The molecule has 0 fully saturated rings. The van der Waals surface area contributed by atoms with Gasteiger partial charge in [-0.05, 0) is 0 Å². The third-order valence-corrected chi connectivity index (χ3v) is 8.54. The maximum atomic E-state index is 6.01. The fourth-order valence-corrected chi connectivity index (χ4v) is 7.53. The average molecular weight is 362 g/mol. The van der Waals surface area contributed by atoms with Crippen molar-refractivity contribution in [3.8, 4) is 11.5 Å². The summed E-state index contributed by atoms with van der Waals surface area (Å²) in [5.41, 5.74) is 0. The van der Waals surface area contributed by atoms with Gasteiger partial charge in [0.15, 0.2) is 0 Å². The normalized spacial score (nSPS) is 11.2. The Labute approximate surface area is 98.1 Å². The molecule has 0 aliphatic heterocycles. The molecule has 0 amide bonds. The van der Waals surface area contributed by atoms with Crippen LogP contribution in [0.3, 0.4) is 0 Å². The van der Waals surface area contributed by atoms with E-state index in [1.165, 1.54) is 0 Å². The predicted octanol–water partition coefficient (Wildman–Crippen LogP) is 2.57. The van der Waals surface area contributed by atoms with E-state index in [1.54, 1.807) is 32.4 Å². The Balaban J connectivity index is 3.34. The van der Waals surface area contributed by atoms with Crippen LogP contribution in [-0.4, -0.2) is 29.2 Å². The molecule has 0 saturated carbocycles. The Morgan fingerprint density at radius 3 is 1.71 bits per heavy atom. The van der Waals surface area contributed by atoms with Gasteiger partial charge >= 0.3 is 98.7 Å². The molecule has 1 aromatic carbocycles. The van der Waals surface area contributed by atoms with Gasteiger partial charge in [0.05, 0.1) is 0 Å². The number of hydrogen-bond donors (Lipinski definition) is 0. The summed E-state index contributed by atoms with van der Waals surface area (Å²) < 4.78 is 10.9. The zero-order valence-corrected chi connectivity index (χ0v) is 12.8. The molecule has 6 heteroatoms. The number of benzene rings is 1. The van der Waals surface area contributed by atoms with Crippen molar-refractivity contribution in [1.82, 2.24) is 0 Å². The number of ether oxygens (including phenoxy) is 2. The molecule has 78 valence electrons. The minimum absolute atomic E-state index is 0.583. The van der Waals surface area contributed by atoms with Crippen molar-refractivity contribution in [2.75, 3.05) is 14.2 Å². The second-order valence-electron chi connectivity index (χ2n) is 2.54. The third kappa shape index (κ3) is 2.75. The molecule has 0 spiro atoms. The molecule has 1 rings (SSSR count). The van der Waals surface area contributed by atoms with Crippen LogP contribution in [0.25, 0.3) is 0 Å². The Hall–Kier alpha value is 0.489. The van der Waals surface area contributed by atoms with Gasteiger partial charge in [-0.15, -0.1) is 0 Å². The van der Waals surface area contributed by atoms with Crippen LogP contribution in [0.5, 0.6) is 11.5 Å². The van der Waals surface area contributed by atoms with Crippen molar-refractivity contribution < 1.29 is 9.47 Å². The van der Waals surface area contributed by atoms with E-state index < -0.39 is 15.0 Å². The van der Waals surface area contributed by atoms with Crippen molar-refractivity contribution in [2.24, 2.45) is 0 Å². The summed E-state index contributed by atoms with van der Waals surface area (Å²) in [5.74, 6) is 1.17. The fourth-order valence-electron chi connectivity index (χ4n) is 1.13. The van der Waals surface area contributed by atoms with Gasteiger partial charge in [-0.3, -0.25) is 0 Å². The Kier molecular flexibility index (Phi) is 4.50. The molecular formula is C8H9Cl3O2Sn. The molecule has 0 bridgehead atoms. The molecule has 1 aromatic rings. The van der Waals surface area contributed by atoms with Gasteiger partial charge in [0.1, 0.15) is 0 Å². The van der Waals surface area contributed by atoms with Gasteiger partial charge in [0.25, 0.3) is 0 Å². The fraction of sp³-hybridized carbons (Fsp3) is 0.250. The van der Waals surface area contributed by atoms with Crippen molar-refractivity contribution in [2.45, 2.75) is 0 Å². The molecule has 0 aromatic heterocycles. The number of hydrogen-bond acceptors (Lipinski definition) is 2. The summed E-state index contributed by atoms with van der Waals surface area (Å²) in [6, 6.07) is 5.32. The van der Waals surface area contributed by atoms with Crippen LogP contribution in [0.1, 0.15) is 0 Å². The molecule has 14 heavy (non-hydrogen) atoms. The first-order valence-electron chi connectivity index (χ1n) is 3.79. The zero-order valence-electron chi connectivity index (χ0n) is 7.68. The van der Waals surface area contributed by atoms with Crippen LogP contribution in [0.15, 0.2) is 18.2 Å². The van der Waals surface area contributed by atoms with Gasteiger partial charge in [-0.25, -0.2) is 0 Å². The number of halogens is 3. The van der Waals surface area contributed by atoms with Crippen LogP contribution in [0, 0.1) is 0 Å². The summed E-state index contributed by atoms with van der Waals surface area (Å²) in [4.78, 5) is 0. The first-order chi connectivity index (χ1) is 6.50. The minimum atomic E-state index is -3.74. The zero-order chi connectivity index (χ0) is 10.8. The van der Waals surface area contributed by atoms with E-state index in [0.29, 0.717) is 15.1 Å². The van der Waals surface area contributed by atoms with Crippen LogP contribution in [-0.2, 0) is 0 Å². The second kappa shape index (κ2) is 5.01. The van der Waals surface area contributed by atoms with Crippen LogP contribution >= 0.6 is 26.8 Å². The van der Waals surface area contributed by atoms with Crippen molar-refractivity contribution in [3.63, 3.8) is 0 Å². The molecule has 2 nitrogen and oxygen atoms in total. The molecular weight excluding hydrogens is 353 g/mol. The molecule has 0 atom stereocenters.